The minimum absolute atomic E-state index is 0.170. The number of rotatable bonds is 5. The summed E-state index contributed by atoms with van der Waals surface area (Å²) in [6, 6.07) is 3.14. The van der Waals surface area contributed by atoms with Crippen LogP contribution in [0.5, 0.6) is 0 Å². The van der Waals surface area contributed by atoms with Crippen LogP contribution >= 0.6 is 11.6 Å². The number of ether oxygens (including phenoxy) is 1. The SMILES string of the molecule is CC(C)OCCNC(=O)c1ccnc(Cl)c1. The molecule has 0 fully saturated rings. The Balaban J connectivity index is 2.35. The molecule has 0 atom stereocenters. The molecule has 16 heavy (non-hydrogen) atoms. The lowest BCUT2D eigenvalue weighted by molar-refractivity contribution is 0.0746. The second-order valence-electron chi connectivity index (χ2n) is 3.54. The molecule has 0 aliphatic heterocycles. The van der Waals surface area contributed by atoms with Crippen molar-refractivity contribution >= 4 is 17.5 Å². The summed E-state index contributed by atoms with van der Waals surface area (Å²) < 4.78 is 5.30. The van der Waals surface area contributed by atoms with Crippen molar-refractivity contribution in [3.05, 3.63) is 29.0 Å². The highest BCUT2D eigenvalue weighted by atomic mass is 35.5. The third-order valence-electron chi connectivity index (χ3n) is 1.83. The molecule has 1 N–H and O–H groups in total. The normalized spacial score (nSPS) is 10.5. The number of carbonyl (C=O) groups excluding carboxylic acids is 1. The number of hydrogen-bond donors (Lipinski definition) is 1. The van der Waals surface area contributed by atoms with E-state index in [1.807, 2.05) is 13.8 Å². The zero-order chi connectivity index (χ0) is 12.0. The molecule has 1 aromatic rings. The van der Waals surface area contributed by atoms with Crippen molar-refractivity contribution in [2.75, 3.05) is 13.2 Å². The van der Waals surface area contributed by atoms with Crippen LogP contribution in [0.2, 0.25) is 5.15 Å². The summed E-state index contributed by atoms with van der Waals surface area (Å²) in [5.74, 6) is -0.170. The van der Waals surface area contributed by atoms with E-state index >= 15 is 0 Å². The Bertz CT molecular complexity index is 356. The molecular formula is C11H15ClN2O2. The van der Waals surface area contributed by atoms with Gasteiger partial charge in [0.1, 0.15) is 5.15 Å². The maximum absolute atomic E-state index is 11.6. The van der Waals surface area contributed by atoms with Gasteiger partial charge >= 0.3 is 0 Å². The van der Waals surface area contributed by atoms with Crippen LogP contribution in [0.25, 0.3) is 0 Å². The summed E-state index contributed by atoms with van der Waals surface area (Å²) in [6.07, 6.45) is 1.68. The standard InChI is InChI=1S/C11H15ClN2O2/c1-8(2)16-6-5-14-11(15)9-3-4-13-10(12)7-9/h3-4,7-8H,5-6H2,1-2H3,(H,14,15). The molecule has 0 spiro atoms. The zero-order valence-electron chi connectivity index (χ0n) is 9.37. The van der Waals surface area contributed by atoms with E-state index < -0.39 is 0 Å². The molecule has 1 heterocycles. The molecule has 0 aromatic carbocycles. The molecule has 0 radical (unpaired) electrons. The Kier molecular flexibility index (Phi) is 5.22. The van der Waals surface area contributed by atoms with Crippen molar-refractivity contribution in [3.63, 3.8) is 0 Å². The van der Waals surface area contributed by atoms with Gasteiger partial charge in [0.25, 0.3) is 5.91 Å². The first-order valence-corrected chi connectivity index (χ1v) is 5.48. The van der Waals surface area contributed by atoms with E-state index in [9.17, 15) is 4.79 Å². The topological polar surface area (TPSA) is 51.2 Å². The van der Waals surface area contributed by atoms with Crippen LogP contribution in [0.1, 0.15) is 24.2 Å². The van der Waals surface area contributed by atoms with Gasteiger partial charge in [0.05, 0.1) is 12.7 Å². The van der Waals surface area contributed by atoms with Gasteiger partial charge in [-0.05, 0) is 26.0 Å². The lowest BCUT2D eigenvalue weighted by atomic mass is 10.2. The van der Waals surface area contributed by atoms with E-state index in [1.165, 1.54) is 12.3 Å². The minimum atomic E-state index is -0.170. The van der Waals surface area contributed by atoms with Crippen LogP contribution < -0.4 is 5.32 Å². The smallest absolute Gasteiger partial charge is 0.251 e. The Morgan fingerprint density at radius 2 is 2.38 bits per heavy atom. The van der Waals surface area contributed by atoms with Gasteiger partial charge in [-0.25, -0.2) is 4.98 Å². The maximum atomic E-state index is 11.6. The molecule has 88 valence electrons. The Hall–Kier alpha value is -1.13. The van der Waals surface area contributed by atoms with E-state index in [0.717, 1.165) is 0 Å². The van der Waals surface area contributed by atoms with E-state index in [4.69, 9.17) is 16.3 Å². The lowest BCUT2D eigenvalue weighted by Gasteiger charge is -2.08. The highest BCUT2D eigenvalue weighted by Crippen LogP contribution is 2.06. The second-order valence-corrected chi connectivity index (χ2v) is 3.93. The zero-order valence-corrected chi connectivity index (χ0v) is 10.1. The number of pyridine rings is 1. The third-order valence-corrected chi connectivity index (χ3v) is 2.03. The number of halogens is 1. The van der Waals surface area contributed by atoms with E-state index in [-0.39, 0.29) is 12.0 Å². The molecule has 4 nitrogen and oxygen atoms in total. The van der Waals surface area contributed by atoms with Crippen molar-refractivity contribution in [2.24, 2.45) is 0 Å². The highest BCUT2D eigenvalue weighted by molar-refractivity contribution is 6.29. The van der Waals surface area contributed by atoms with Crippen LogP contribution in [-0.4, -0.2) is 30.1 Å². The fraction of sp³-hybridized carbons (Fsp3) is 0.455. The largest absolute Gasteiger partial charge is 0.377 e. The summed E-state index contributed by atoms with van der Waals surface area (Å²) in [5.41, 5.74) is 0.504. The van der Waals surface area contributed by atoms with Crippen molar-refractivity contribution in [1.82, 2.24) is 10.3 Å². The van der Waals surface area contributed by atoms with Crippen molar-refractivity contribution in [3.8, 4) is 0 Å². The van der Waals surface area contributed by atoms with Gasteiger partial charge in [-0.3, -0.25) is 4.79 Å². The molecule has 0 aliphatic rings. The fourth-order valence-electron chi connectivity index (χ4n) is 1.10. The summed E-state index contributed by atoms with van der Waals surface area (Å²) >= 11 is 5.68. The summed E-state index contributed by atoms with van der Waals surface area (Å²) in [7, 11) is 0. The first-order chi connectivity index (χ1) is 7.59. The monoisotopic (exact) mass is 242 g/mol. The third kappa shape index (κ3) is 4.59. The van der Waals surface area contributed by atoms with E-state index in [2.05, 4.69) is 10.3 Å². The summed E-state index contributed by atoms with van der Waals surface area (Å²) in [6.45, 7) is 4.88. The van der Waals surface area contributed by atoms with Crippen LogP contribution in [0.4, 0.5) is 0 Å². The van der Waals surface area contributed by atoms with Gasteiger partial charge in [-0.15, -0.1) is 0 Å². The average Bonchev–Trinajstić information content (AvgIpc) is 2.24. The fourth-order valence-corrected chi connectivity index (χ4v) is 1.28. The molecule has 0 unspecified atom stereocenters. The van der Waals surface area contributed by atoms with Gasteiger partial charge in [0.15, 0.2) is 0 Å². The van der Waals surface area contributed by atoms with Crippen LogP contribution in [0, 0.1) is 0 Å². The number of carbonyl (C=O) groups is 1. The predicted molar refractivity (Wildman–Crippen MR) is 62.7 cm³/mol. The molecule has 5 heteroatoms. The molecule has 0 saturated heterocycles. The average molecular weight is 243 g/mol. The molecule has 0 bridgehead atoms. The van der Waals surface area contributed by atoms with E-state index in [1.54, 1.807) is 6.07 Å². The molecule has 0 saturated carbocycles. The minimum Gasteiger partial charge on any atom is -0.377 e. The first kappa shape index (κ1) is 12.9. The van der Waals surface area contributed by atoms with Gasteiger partial charge in [-0.1, -0.05) is 11.6 Å². The lowest BCUT2D eigenvalue weighted by Crippen LogP contribution is -2.28. The number of amides is 1. The molecule has 1 amide bonds. The van der Waals surface area contributed by atoms with Gasteiger partial charge in [0, 0.05) is 18.3 Å². The van der Waals surface area contributed by atoms with Crippen LogP contribution in [-0.2, 0) is 4.74 Å². The van der Waals surface area contributed by atoms with Gasteiger partial charge in [-0.2, -0.15) is 0 Å². The predicted octanol–water partition coefficient (Wildman–Crippen LogP) is 1.89. The quantitative estimate of drug-likeness (QED) is 0.634. The highest BCUT2D eigenvalue weighted by Gasteiger charge is 2.05. The number of nitrogens with one attached hydrogen (secondary N) is 1. The molecule has 0 aliphatic carbocycles. The number of aromatic nitrogens is 1. The number of nitrogens with zero attached hydrogens (tertiary/aromatic N) is 1. The van der Waals surface area contributed by atoms with Gasteiger partial charge in [0.2, 0.25) is 0 Å². The molecular weight excluding hydrogens is 228 g/mol. The van der Waals surface area contributed by atoms with Crippen molar-refractivity contribution in [1.29, 1.82) is 0 Å². The van der Waals surface area contributed by atoms with Gasteiger partial charge < -0.3 is 10.1 Å². The van der Waals surface area contributed by atoms with Crippen molar-refractivity contribution in [2.45, 2.75) is 20.0 Å². The van der Waals surface area contributed by atoms with Crippen LogP contribution in [0.3, 0.4) is 0 Å². The van der Waals surface area contributed by atoms with E-state index in [0.29, 0.717) is 23.9 Å². The first-order valence-electron chi connectivity index (χ1n) is 5.11. The second kappa shape index (κ2) is 6.45. The maximum Gasteiger partial charge on any atom is 0.251 e. The number of hydrogen-bond acceptors (Lipinski definition) is 3. The Labute approximate surface area is 100.0 Å². The summed E-state index contributed by atoms with van der Waals surface area (Å²) in [4.78, 5) is 15.4. The Morgan fingerprint density at radius 1 is 1.62 bits per heavy atom. The van der Waals surface area contributed by atoms with Crippen molar-refractivity contribution < 1.29 is 9.53 Å². The summed E-state index contributed by atoms with van der Waals surface area (Å²) in [5, 5.41) is 3.04. The molecule has 1 rings (SSSR count). The molecule has 1 aromatic heterocycles. The van der Waals surface area contributed by atoms with Crippen LogP contribution in [0.15, 0.2) is 18.3 Å². The Morgan fingerprint density at radius 3 is 3.00 bits per heavy atom.